The van der Waals surface area contributed by atoms with Gasteiger partial charge in [-0.25, -0.2) is 12.7 Å². The maximum atomic E-state index is 13.1. The second-order valence-electron chi connectivity index (χ2n) is 7.69. The lowest BCUT2D eigenvalue weighted by Crippen LogP contribution is -2.68. The second kappa shape index (κ2) is 6.55. The van der Waals surface area contributed by atoms with Crippen LogP contribution in [0.4, 0.5) is 0 Å². The summed E-state index contributed by atoms with van der Waals surface area (Å²) in [7, 11) is 2.90. The van der Waals surface area contributed by atoms with Crippen molar-refractivity contribution < 1.29 is 13.2 Å². The van der Waals surface area contributed by atoms with E-state index in [2.05, 4.69) is 9.80 Å². The Balaban J connectivity index is 1.68. The first kappa shape index (κ1) is 18.1. The minimum absolute atomic E-state index is 0.164. The van der Waals surface area contributed by atoms with E-state index in [0.29, 0.717) is 25.9 Å². The molecule has 0 N–H and O–H groups in total. The fraction of sp³-hybridized carbons (Fsp3) is 0.938. The van der Waals surface area contributed by atoms with Gasteiger partial charge in [-0.3, -0.25) is 9.69 Å². The van der Waals surface area contributed by atoms with Crippen molar-refractivity contribution in [3.63, 3.8) is 0 Å². The highest BCUT2D eigenvalue weighted by Gasteiger charge is 2.51. The zero-order valence-corrected chi connectivity index (χ0v) is 15.9. The molecule has 2 saturated heterocycles. The third-order valence-corrected chi connectivity index (χ3v) is 8.19. The minimum atomic E-state index is -3.13. The molecule has 24 heavy (non-hydrogen) atoms. The van der Waals surface area contributed by atoms with Gasteiger partial charge in [0.2, 0.25) is 15.9 Å². The summed E-state index contributed by atoms with van der Waals surface area (Å²) in [5.41, 5.74) is -0.514. The molecule has 3 rings (SSSR count). The van der Waals surface area contributed by atoms with Crippen molar-refractivity contribution in [1.82, 2.24) is 19.0 Å². The predicted octanol–water partition coefficient (Wildman–Crippen LogP) is -0.351. The Kier molecular flexibility index (Phi) is 4.94. The summed E-state index contributed by atoms with van der Waals surface area (Å²) >= 11 is 0. The molecule has 0 aromatic carbocycles. The summed E-state index contributed by atoms with van der Waals surface area (Å²) in [4.78, 5) is 19.3. The smallest absolute Gasteiger partial charge is 0.243 e. The van der Waals surface area contributed by atoms with Crippen LogP contribution in [0.5, 0.6) is 0 Å². The summed E-state index contributed by atoms with van der Waals surface area (Å²) in [5.74, 6) is 0.182. The highest BCUT2D eigenvalue weighted by atomic mass is 32.2. The lowest BCUT2D eigenvalue weighted by atomic mass is 9.83. The Labute approximate surface area is 145 Å². The van der Waals surface area contributed by atoms with Gasteiger partial charge in [0.25, 0.3) is 0 Å². The first-order chi connectivity index (χ1) is 11.3. The van der Waals surface area contributed by atoms with Crippen molar-refractivity contribution in [3.05, 3.63) is 0 Å². The number of nitrogens with zero attached hydrogens (tertiary/aromatic N) is 4. The van der Waals surface area contributed by atoms with Crippen LogP contribution in [0.15, 0.2) is 0 Å². The first-order valence-electron chi connectivity index (χ1n) is 8.92. The molecule has 2 aliphatic heterocycles. The third kappa shape index (κ3) is 3.21. The summed E-state index contributed by atoms with van der Waals surface area (Å²) in [6.45, 7) is 4.15. The Morgan fingerprint density at radius 3 is 2.29 bits per heavy atom. The average molecular weight is 359 g/mol. The molecule has 3 aliphatic rings. The third-order valence-electron chi connectivity index (χ3n) is 5.79. The highest BCUT2D eigenvalue weighted by molar-refractivity contribution is 7.90. The fourth-order valence-electron chi connectivity index (χ4n) is 3.86. The normalized spacial score (nSPS) is 26.5. The number of piperidine rings is 1. The SMILES string of the molecule is CN(C)CCN1CCN(C)C2(CCN(S(=O)(=O)C3CC3)CC2)C1=O. The number of rotatable bonds is 5. The van der Waals surface area contributed by atoms with Crippen molar-refractivity contribution in [2.45, 2.75) is 36.5 Å². The molecule has 3 fully saturated rings. The molecule has 7 nitrogen and oxygen atoms in total. The van der Waals surface area contributed by atoms with Gasteiger partial charge in [0.05, 0.1) is 5.25 Å². The summed E-state index contributed by atoms with van der Waals surface area (Å²) < 4.78 is 26.5. The van der Waals surface area contributed by atoms with Gasteiger partial charge in [-0.05, 0) is 46.8 Å². The molecule has 1 amide bonds. The Hall–Kier alpha value is -0.700. The van der Waals surface area contributed by atoms with Crippen LogP contribution in [-0.4, -0.2) is 105 Å². The number of likely N-dealkylation sites (N-methyl/N-ethyl adjacent to an activating group) is 2. The minimum Gasteiger partial charge on any atom is -0.339 e. The number of sulfonamides is 1. The molecule has 2 heterocycles. The van der Waals surface area contributed by atoms with Gasteiger partial charge in [0.15, 0.2) is 0 Å². The highest BCUT2D eigenvalue weighted by Crippen LogP contribution is 2.37. The maximum absolute atomic E-state index is 13.1. The molecule has 0 aromatic heterocycles. The summed E-state index contributed by atoms with van der Waals surface area (Å²) in [6.07, 6.45) is 2.79. The van der Waals surface area contributed by atoms with E-state index in [9.17, 15) is 13.2 Å². The molecule has 0 bridgehead atoms. The molecule has 8 heteroatoms. The van der Waals surface area contributed by atoms with Crippen LogP contribution in [0.2, 0.25) is 0 Å². The van der Waals surface area contributed by atoms with Crippen molar-refractivity contribution in [2.75, 3.05) is 60.4 Å². The van der Waals surface area contributed by atoms with Gasteiger partial charge < -0.3 is 9.80 Å². The number of amides is 1. The number of carbonyl (C=O) groups excluding carboxylic acids is 1. The van der Waals surface area contributed by atoms with E-state index >= 15 is 0 Å². The maximum Gasteiger partial charge on any atom is 0.243 e. The zero-order chi connectivity index (χ0) is 17.5. The number of hydrogen-bond acceptors (Lipinski definition) is 5. The van der Waals surface area contributed by atoms with Crippen LogP contribution >= 0.6 is 0 Å². The molecule has 0 aromatic rings. The lowest BCUT2D eigenvalue weighted by molar-refractivity contribution is -0.153. The Bertz CT molecular complexity index is 580. The van der Waals surface area contributed by atoms with Crippen LogP contribution in [-0.2, 0) is 14.8 Å². The van der Waals surface area contributed by atoms with Gasteiger partial charge in [-0.15, -0.1) is 0 Å². The van der Waals surface area contributed by atoms with Crippen LogP contribution < -0.4 is 0 Å². The zero-order valence-electron chi connectivity index (χ0n) is 15.1. The first-order valence-corrected chi connectivity index (χ1v) is 10.4. The van der Waals surface area contributed by atoms with Crippen LogP contribution in [0.3, 0.4) is 0 Å². The molecule has 1 spiro atoms. The van der Waals surface area contributed by atoms with Crippen molar-refractivity contribution >= 4 is 15.9 Å². The van der Waals surface area contributed by atoms with E-state index in [1.54, 1.807) is 4.31 Å². The largest absolute Gasteiger partial charge is 0.339 e. The van der Waals surface area contributed by atoms with Gasteiger partial charge in [0, 0.05) is 39.3 Å². The molecule has 0 atom stereocenters. The number of piperazine rings is 1. The molecule has 0 radical (unpaired) electrons. The molecular formula is C16H30N4O3S. The van der Waals surface area contributed by atoms with Gasteiger partial charge >= 0.3 is 0 Å². The molecular weight excluding hydrogens is 328 g/mol. The van der Waals surface area contributed by atoms with E-state index < -0.39 is 15.6 Å². The van der Waals surface area contributed by atoms with Gasteiger partial charge in [0.1, 0.15) is 5.54 Å². The molecule has 138 valence electrons. The van der Waals surface area contributed by atoms with E-state index in [-0.39, 0.29) is 11.2 Å². The molecule has 0 unspecified atom stereocenters. The summed E-state index contributed by atoms with van der Waals surface area (Å²) in [5, 5.41) is -0.164. The number of carbonyl (C=O) groups is 1. The second-order valence-corrected chi connectivity index (χ2v) is 9.90. The summed E-state index contributed by atoms with van der Waals surface area (Å²) in [6, 6.07) is 0. The van der Waals surface area contributed by atoms with Crippen molar-refractivity contribution in [2.24, 2.45) is 0 Å². The quantitative estimate of drug-likeness (QED) is 0.672. The van der Waals surface area contributed by atoms with Crippen LogP contribution in [0.1, 0.15) is 25.7 Å². The molecule has 1 saturated carbocycles. The molecule has 1 aliphatic carbocycles. The Morgan fingerprint density at radius 1 is 1.12 bits per heavy atom. The fourth-order valence-corrected chi connectivity index (χ4v) is 5.71. The van der Waals surface area contributed by atoms with Crippen molar-refractivity contribution in [1.29, 1.82) is 0 Å². The predicted molar refractivity (Wildman–Crippen MR) is 93.2 cm³/mol. The van der Waals surface area contributed by atoms with Crippen LogP contribution in [0.25, 0.3) is 0 Å². The number of hydrogen-bond donors (Lipinski definition) is 0. The Morgan fingerprint density at radius 2 is 1.75 bits per heavy atom. The average Bonchev–Trinajstić information content (AvgIpc) is 3.38. The topological polar surface area (TPSA) is 64.2 Å². The van der Waals surface area contributed by atoms with Gasteiger partial charge in [-0.2, -0.15) is 0 Å². The van der Waals surface area contributed by atoms with Crippen LogP contribution in [0, 0.1) is 0 Å². The van der Waals surface area contributed by atoms with E-state index in [0.717, 1.165) is 39.0 Å². The lowest BCUT2D eigenvalue weighted by Gasteiger charge is -2.51. The van der Waals surface area contributed by atoms with E-state index in [4.69, 9.17) is 0 Å². The van der Waals surface area contributed by atoms with Crippen molar-refractivity contribution in [3.8, 4) is 0 Å². The van der Waals surface area contributed by atoms with Gasteiger partial charge in [-0.1, -0.05) is 0 Å². The standard InChI is InChI=1S/C16H30N4O3S/c1-17(2)10-12-19-13-11-18(3)16(15(19)21)6-8-20(9-7-16)24(22,23)14-4-5-14/h14H,4-13H2,1-3H3. The monoisotopic (exact) mass is 358 g/mol. The van der Waals surface area contributed by atoms with E-state index in [1.807, 2.05) is 26.0 Å². The van der Waals surface area contributed by atoms with E-state index in [1.165, 1.54) is 0 Å².